The third kappa shape index (κ3) is 3.91. The Labute approximate surface area is 167 Å². The SMILES string of the molecule is CCOC1CC(N)(C(=O)Nc2cccc(OCc3cccc(C)c3)c2)C1(C)C. The van der Waals surface area contributed by atoms with Gasteiger partial charge in [0.05, 0.1) is 6.10 Å². The van der Waals surface area contributed by atoms with E-state index in [4.69, 9.17) is 15.2 Å². The van der Waals surface area contributed by atoms with Gasteiger partial charge in [-0.05, 0) is 31.5 Å². The van der Waals surface area contributed by atoms with Crippen molar-refractivity contribution in [2.45, 2.75) is 52.4 Å². The smallest absolute Gasteiger partial charge is 0.245 e. The lowest BCUT2D eigenvalue weighted by molar-refractivity contribution is -0.166. The molecule has 1 fully saturated rings. The van der Waals surface area contributed by atoms with E-state index < -0.39 is 11.0 Å². The molecule has 5 nitrogen and oxygen atoms in total. The van der Waals surface area contributed by atoms with Crippen molar-refractivity contribution in [1.82, 2.24) is 0 Å². The number of hydrogen-bond donors (Lipinski definition) is 2. The molecule has 0 heterocycles. The highest BCUT2D eigenvalue weighted by Gasteiger charge is 2.62. The van der Waals surface area contributed by atoms with Crippen molar-refractivity contribution in [2.24, 2.45) is 11.1 Å². The lowest BCUT2D eigenvalue weighted by Crippen LogP contribution is -2.74. The number of carbonyl (C=O) groups excluding carboxylic acids is 1. The van der Waals surface area contributed by atoms with Crippen LogP contribution in [0.15, 0.2) is 48.5 Å². The van der Waals surface area contributed by atoms with Crippen LogP contribution in [0.5, 0.6) is 5.75 Å². The first-order valence-electron chi connectivity index (χ1n) is 9.76. The number of aryl methyl sites for hydroxylation is 1. The highest BCUT2D eigenvalue weighted by Crippen LogP contribution is 2.50. The molecule has 1 aliphatic carbocycles. The van der Waals surface area contributed by atoms with E-state index in [1.165, 1.54) is 5.56 Å². The fourth-order valence-electron chi connectivity index (χ4n) is 3.70. The zero-order valence-electron chi connectivity index (χ0n) is 17.1. The highest BCUT2D eigenvalue weighted by atomic mass is 16.5. The standard InChI is InChI=1S/C23H30N2O3/c1-5-27-20-14-23(24,22(20,3)4)21(26)25-18-10-7-11-19(13-18)28-15-17-9-6-8-16(2)12-17/h6-13,20H,5,14-15,24H2,1-4H3,(H,25,26). The second-order valence-corrected chi connectivity index (χ2v) is 8.10. The average molecular weight is 383 g/mol. The molecule has 2 aromatic rings. The Morgan fingerprint density at radius 1 is 1.21 bits per heavy atom. The minimum atomic E-state index is -0.953. The van der Waals surface area contributed by atoms with Crippen LogP contribution >= 0.6 is 0 Å². The molecule has 2 atom stereocenters. The number of amides is 1. The van der Waals surface area contributed by atoms with Crippen LogP contribution in [-0.4, -0.2) is 24.2 Å². The Bertz CT molecular complexity index is 849. The van der Waals surface area contributed by atoms with Crippen molar-refractivity contribution >= 4 is 11.6 Å². The first kappa shape index (κ1) is 20.4. The van der Waals surface area contributed by atoms with Gasteiger partial charge in [0.1, 0.15) is 17.9 Å². The molecule has 0 aliphatic heterocycles. The molecule has 5 heteroatoms. The van der Waals surface area contributed by atoms with Gasteiger partial charge in [0.2, 0.25) is 5.91 Å². The van der Waals surface area contributed by atoms with Crippen molar-refractivity contribution in [3.63, 3.8) is 0 Å². The van der Waals surface area contributed by atoms with Crippen LogP contribution in [0, 0.1) is 12.3 Å². The van der Waals surface area contributed by atoms with Crippen LogP contribution in [0.25, 0.3) is 0 Å². The predicted molar refractivity (Wildman–Crippen MR) is 111 cm³/mol. The molecule has 0 radical (unpaired) electrons. The second-order valence-electron chi connectivity index (χ2n) is 8.10. The van der Waals surface area contributed by atoms with Crippen LogP contribution < -0.4 is 15.8 Å². The summed E-state index contributed by atoms with van der Waals surface area (Å²) in [6.07, 6.45) is 0.515. The number of hydrogen-bond acceptors (Lipinski definition) is 4. The molecule has 150 valence electrons. The fraction of sp³-hybridized carbons (Fsp3) is 0.435. The van der Waals surface area contributed by atoms with Crippen molar-refractivity contribution in [3.8, 4) is 5.75 Å². The Morgan fingerprint density at radius 2 is 1.96 bits per heavy atom. The number of nitrogens with two attached hydrogens (primary N) is 1. The van der Waals surface area contributed by atoms with E-state index in [-0.39, 0.29) is 12.0 Å². The zero-order chi connectivity index (χ0) is 20.4. The molecule has 28 heavy (non-hydrogen) atoms. The Morgan fingerprint density at radius 3 is 2.64 bits per heavy atom. The molecule has 1 aliphatic rings. The van der Waals surface area contributed by atoms with Crippen molar-refractivity contribution in [1.29, 1.82) is 0 Å². The van der Waals surface area contributed by atoms with Gasteiger partial charge in [0, 0.05) is 30.2 Å². The van der Waals surface area contributed by atoms with Gasteiger partial charge in [-0.25, -0.2) is 0 Å². The molecular formula is C23H30N2O3. The van der Waals surface area contributed by atoms with E-state index in [0.717, 1.165) is 5.56 Å². The van der Waals surface area contributed by atoms with E-state index in [2.05, 4.69) is 24.4 Å². The number of carbonyl (C=O) groups is 1. The Balaban J connectivity index is 1.63. The number of benzene rings is 2. The maximum Gasteiger partial charge on any atom is 0.245 e. The average Bonchev–Trinajstić information content (AvgIpc) is 2.66. The molecular weight excluding hydrogens is 352 g/mol. The first-order chi connectivity index (χ1) is 13.3. The minimum Gasteiger partial charge on any atom is -0.489 e. The van der Waals surface area contributed by atoms with Crippen molar-refractivity contribution in [3.05, 3.63) is 59.7 Å². The molecule has 1 saturated carbocycles. The molecule has 2 aromatic carbocycles. The predicted octanol–water partition coefficient (Wildman–Crippen LogP) is 4.05. The van der Waals surface area contributed by atoms with Gasteiger partial charge in [-0.15, -0.1) is 0 Å². The lowest BCUT2D eigenvalue weighted by atomic mass is 9.54. The third-order valence-corrected chi connectivity index (χ3v) is 5.82. The summed E-state index contributed by atoms with van der Waals surface area (Å²) in [7, 11) is 0. The summed E-state index contributed by atoms with van der Waals surface area (Å²) in [4.78, 5) is 12.9. The van der Waals surface area contributed by atoms with Gasteiger partial charge in [0.25, 0.3) is 0 Å². The van der Waals surface area contributed by atoms with Gasteiger partial charge in [0.15, 0.2) is 0 Å². The van der Waals surface area contributed by atoms with Crippen LogP contribution in [-0.2, 0) is 16.1 Å². The third-order valence-electron chi connectivity index (χ3n) is 5.82. The Kier molecular flexibility index (Phi) is 5.77. The number of anilines is 1. The zero-order valence-corrected chi connectivity index (χ0v) is 17.1. The lowest BCUT2D eigenvalue weighted by Gasteiger charge is -2.57. The molecule has 0 saturated heterocycles. The van der Waals surface area contributed by atoms with Crippen LogP contribution in [0.3, 0.4) is 0 Å². The second kappa shape index (κ2) is 7.94. The van der Waals surface area contributed by atoms with E-state index >= 15 is 0 Å². The summed E-state index contributed by atoms with van der Waals surface area (Å²) in [5, 5.41) is 2.95. The summed E-state index contributed by atoms with van der Waals surface area (Å²) in [5.41, 5.74) is 8.06. The molecule has 3 N–H and O–H groups in total. The summed E-state index contributed by atoms with van der Waals surface area (Å²) in [5.74, 6) is 0.509. The van der Waals surface area contributed by atoms with E-state index in [9.17, 15) is 4.79 Å². The molecule has 1 amide bonds. The summed E-state index contributed by atoms with van der Waals surface area (Å²) < 4.78 is 11.6. The van der Waals surface area contributed by atoms with Crippen LogP contribution in [0.1, 0.15) is 38.3 Å². The maximum atomic E-state index is 12.9. The summed E-state index contributed by atoms with van der Waals surface area (Å²) in [6, 6.07) is 15.6. The summed E-state index contributed by atoms with van der Waals surface area (Å²) in [6.45, 7) is 9.07. The van der Waals surface area contributed by atoms with Gasteiger partial charge >= 0.3 is 0 Å². The normalized spacial score (nSPS) is 23.0. The van der Waals surface area contributed by atoms with E-state index in [1.807, 2.05) is 57.2 Å². The highest BCUT2D eigenvalue weighted by molar-refractivity contribution is 5.99. The largest absolute Gasteiger partial charge is 0.489 e. The van der Waals surface area contributed by atoms with Gasteiger partial charge in [-0.1, -0.05) is 49.7 Å². The molecule has 0 aromatic heterocycles. The number of rotatable bonds is 7. The molecule has 0 spiro atoms. The number of ether oxygens (including phenoxy) is 2. The van der Waals surface area contributed by atoms with E-state index in [1.54, 1.807) is 0 Å². The van der Waals surface area contributed by atoms with Gasteiger partial charge < -0.3 is 20.5 Å². The van der Waals surface area contributed by atoms with Gasteiger partial charge in [-0.2, -0.15) is 0 Å². The molecule has 2 unspecified atom stereocenters. The summed E-state index contributed by atoms with van der Waals surface area (Å²) >= 11 is 0. The minimum absolute atomic E-state index is 0.00255. The topological polar surface area (TPSA) is 73.6 Å². The molecule has 3 rings (SSSR count). The van der Waals surface area contributed by atoms with Gasteiger partial charge in [-0.3, -0.25) is 4.79 Å². The van der Waals surface area contributed by atoms with E-state index in [0.29, 0.717) is 31.1 Å². The molecule has 0 bridgehead atoms. The van der Waals surface area contributed by atoms with Crippen LogP contribution in [0.4, 0.5) is 5.69 Å². The first-order valence-corrected chi connectivity index (χ1v) is 9.76. The fourth-order valence-corrected chi connectivity index (χ4v) is 3.70. The maximum absolute atomic E-state index is 12.9. The Hall–Kier alpha value is -2.37. The van der Waals surface area contributed by atoms with Crippen molar-refractivity contribution in [2.75, 3.05) is 11.9 Å². The monoisotopic (exact) mass is 382 g/mol. The quantitative estimate of drug-likeness (QED) is 0.758. The number of nitrogens with one attached hydrogen (secondary N) is 1. The van der Waals surface area contributed by atoms with Crippen LogP contribution in [0.2, 0.25) is 0 Å². The van der Waals surface area contributed by atoms with Crippen molar-refractivity contribution < 1.29 is 14.3 Å².